The van der Waals surface area contributed by atoms with Gasteiger partial charge in [-0.3, -0.25) is 4.79 Å². The maximum Gasteiger partial charge on any atom is 0.248 e. The van der Waals surface area contributed by atoms with Gasteiger partial charge in [0, 0.05) is 17.8 Å². The SMILES string of the molecule is Cc1ccc(OCCCCNc2ccc(C(N)=O)cc2)cc1. The summed E-state index contributed by atoms with van der Waals surface area (Å²) >= 11 is 0. The molecule has 2 rings (SSSR count). The van der Waals surface area contributed by atoms with Crippen LogP contribution in [0.1, 0.15) is 28.8 Å². The third kappa shape index (κ3) is 5.13. The maximum atomic E-state index is 11.0. The van der Waals surface area contributed by atoms with Crippen LogP contribution in [0.15, 0.2) is 48.5 Å². The van der Waals surface area contributed by atoms with Gasteiger partial charge in [-0.1, -0.05) is 17.7 Å². The van der Waals surface area contributed by atoms with Crippen LogP contribution in [-0.2, 0) is 0 Å². The topological polar surface area (TPSA) is 64.3 Å². The molecule has 4 nitrogen and oxygen atoms in total. The molecule has 2 aromatic carbocycles. The van der Waals surface area contributed by atoms with Crippen LogP contribution in [0, 0.1) is 6.92 Å². The fourth-order valence-electron chi connectivity index (χ4n) is 2.04. The van der Waals surface area contributed by atoms with Crippen molar-refractivity contribution < 1.29 is 9.53 Å². The number of benzene rings is 2. The molecule has 1 amide bonds. The summed E-state index contributed by atoms with van der Waals surface area (Å²) in [5, 5.41) is 3.31. The molecule has 0 saturated heterocycles. The molecule has 0 heterocycles. The summed E-state index contributed by atoms with van der Waals surface area (Å²) in [7, 11) is 0. The highest BCUT2D eigenvalue weighted by atomic mass is 16.5. The van der Waals surface area contributed by atoms with Crippen molar-refractivity contribution in [1.82, 2.24) is 0 Å². The lowest BCUT2D eigenvalue weighted by atomic mass is 10.2. The quantitative estimate of drug-likeness (QED) is 0.734. The zero-order valence-electron chi connectivity index (χ0n) is 12.8. The molecule has 0 aliphatic rings. The van der Waals surface area contributed by atoms with Crippen LogP contribution in [0.5, 0.6) is 5.75 Å². The number of rotatable bonds is 8. The Bertz CT molecular complexity index is 591. The molecule has 0 atom stereocenters. The van der Waals surface area contributed by atoms with Crippen LogP contribution in [0.3, 0.4) is 0 Å². The van der Waals surface area contributed by atoms with Crippen LogP contribution in [0.2, 0.25) is 0 Å². The van der Waals surface area contributed by atoms with Crippen LogP contribution in [0.25, 0.3) is 0 Å². The standard InChI is InChI=1S/C18H22N2O2/c1-14-4-10-17(11-5-14)22-13-3-2-12-20-16-8-6-15(7-9-16)18(19)21/h4-11,20H,2-3,12-13H2,1H3,(H2,19,21). The van der Waals surface area contributed by atoms with E-state index in [-0.39, 0.29) is 0 Å². The van der Waals surface area contributed by atoms with Crippen molar-refractivity contribution in [2.45, 2.75) is 19.8 Å². The molecule has 0 saturated carbocycles. The van der Waals surface area contributed by atoms with Gasteiger partial charge < -0.3 is 15.8 Å². The largest absolute Gasteiger partial charge is 0.494 e. The fraction of sp³-hybridized carbons (Fsp3) is 0.278. The van der Waals surface area contributed by atoms with Gasteiger partial charge in [-0.2, -0.15) is 0 Å². The summed E-state index contributed by atoms with van der Waals surface area (Å²) in [6.07, 6.45) is 2.00. The second kappa shape index (κ2) is 8.08. The Morgan fingerprint density at radius 3 is 2.36 bits per heavy atom. The third-order valence-corrected chi connectivity index (χ3v) is 3.36. The normalized spacial score (nSPS) is 10.2. The van der Waals surface area contributed by atoms with Crippen molar-refractivity contribution in [2.24, 2.45) is 5.73 Å². The Balaban J connectivity index is 1.61. The monoisotopic (exact) mass is 298 g/mol. The number of unbranched alkanes of at least 4 members (excludes halogenated alkanes) is 1. The van der Waals surface area contributed by atoms with Gasteiger partial charge in [-0.15, -0.1) is 0 Å². The zero-order chi connectivity index (χ0) is 15.8. The zero-order valence-corrected chi connectivity index (χ0v) is 12.8. The number of ether oxygens (including phenoxy) is 1. The highest BCUT2D eigenvalue weighted by Crippen LogP contribution is 2.12. The minimum Gasteiger partial charge on any atom is -0.494 e. The molecule has 0 aromatic heterocycles. The molecule has 0 fully saturated rings. The number of carbonyl (C=O) groups excluding carboxylic acids is 1. The number of nitrogens with one attached hydrogen (secondary N) is 1. The van der Waals surface area contributed by atoms with Crippen molar-refractivity contribution in [3.8, 4) is 5.75 Å². The predicted molar refractivity (Wildman–Crippen MR) is 89.4 cm³/mol. The molecular formula is C18H22N2O2. The molecule has 0 radical (unpaired) electrons. The van der Waals surface area contributed by atoms with E-state index in [1.54, 1.807) is 12.1 Å². The van der Waals surface area contributed by atoms with Gasteiger partial charge >= 0.3 is 0 Å². The van der Waals surface area contributed by atoms with Crippen LogP contribution >= 0.6 is 0 Å². The number of hydrogen-bond donors (Lipinski definition) is 2. The van der Waals surface area contributed by atoms with Crippen molar-refractivity contribution in [1.29, 1.82) is 0 Å². The average molecular weight is 298 g/mol. The molecule has 4 heteroatoms. The van der Waals surface area contributed by atoms with Gasteiger partial charge in [0.25, 0.3) is 0 Å². The van der Waals surface area contributed by atoms with Crippen molar-refractivity contribution in [3.05, 3.63) is 59.7 Å². The first-order valence-electron chi connectivity index (χ1n) is 7.48. The van der Waals surface area contributed by atoms with Gasteiger partial charge in [-0.05, 0) is 56.2 Å². The number of primary amides is 1. The Labute approximate surface area is 131 Å². The highest BCUT2D eigenvalue weighted by Gasteiger charge is 1.99. The Morgan fingerprint density at radius 1 is 1.05 bits per heavy atom. The Kier molecular flexibility index (Phi) is 5.83. The van der Waals surface area contributed by atoms with E-state index in [1.165, 1.54) is 5.56 Å². The molecule has 0 aliphatic carbocycles. The first-order valence-corrected chi connectivity index (χ1v) is 7.48. The second-order valence-corrected chi connectivity index (χ2v) is 5.24. The van der Waals surface area contributed by atoms with E-state index in [1.807, 2.05) is 36.4 Å². The lowest BCUT2D eigenvalue weighted by molar-refractivity contribution is 0.100. The average Bonchev–Trinajstić information content (AvgIpc) is 2.53. The smallest absolute Gasteiger partial charge is 0.248 e. The van der Waals surface area contributed by atoms with E-state index in [4.69, 9.17) is 10.5 Å². The first kappa shape index (κ1) is 15.9. The number of hydrogen-bond acceptors (Lipinski definition) is 3. The minimum absolute atomic E-state index is 0.403. The van der Waals surface area contributed by atoms with Gasteiger partial charge in [-0.25, -0.2) is 0 Å². The van der Waals surface area contributed by atoms with Crippen LogP contribution in [0.4, 0.5) is 5.69 Å². The molecule has 3 N–H and O–H groups in total. The molecule has 0 aliphatic heterocycles. The van der Waals surface area contributed by atoms with E-state index in [2.05, 4.69) is 12.2 Å². The third-order valence-electron chi connectivity index (χ3n) is 3.36. The number of carbonyl (C=O) groups is 1. The van der Waals surface area contributed by atoms with Crippen LogP contribution < -0.4 is 15.8 Å². The van der Waals surface area contributed by atoms with Crippen molar-refractivity contribution >= 4 is 11.6 Å². The Morgan fingerprint density at radius 2 is 1.73 bits per heavy atom. The van der Waals surface area contributed by atoms with Gasteiger partial charge in [0.05, 0.1) is 6.61 Å². The van der Waals surface area contributed by atoms with Crippen LogP contribution in [-0.4, -0.2) is 19.1 Å². The number of nitrogens with two attached hydrogens (primary N) is 1. The highest BCUT2D eigenvalue weighted by molar-refractivity contribution is 5.93. The summed E-state index contributed by atoms with van der Waals surface area (Å²) in [5.74, 6) is 0.514. The summed E-state index contributed by atoms with van der Waals surface area (Å²) in [6.45, 7) is 3.64. The second-order valence-electron chi connectivity index (χ2n) is 5.24. The molecule has 0 bridgehead atoms. The fourth-order valence-corrected chi connectivity index (χ4v) is 2.04. The van der Waals surface area contributed by atoms with E-state index in [0.29, 0.717) is 12.2 Å². The number of amides is 1. The summed E-state index contributed by atoms with van der Waals surface area (Å²) in [5.41, 5.74) is 7.95. The lowest BCUT2D eigenvalue weighted by Crippen LogP contribution is -2.11. The van der Waals surface area contributed by atoms with Gasteiger partial charge in [0.15, 0.2) is 0 Å². The predicted octanol–water partition coefficient (Wildman–Crippen LogP) is 3.37. The van der Waals surface area contributed by atoms with Gasteiger partial charge in [0.1, 0.15) is 5.75 Å². The molecule has 0 unspecified atom stereocenters. The number of aryl methyl sites for hydroxylation is 1. The molecule has 22 heavy (non-hydrogen) atoms. The van der Waals surface area contributed by atoms with Crippen molar-refractivity contribution in [2.75, 3.05) is 18.5 Å². The number of anilines is 1. The van der Waals surface area contributed by atoms with E-state index < -0.39 is 5.91 Å². The summed E-state index contributed by atoms with van der Waals surface area (Å²) in [4.78, 5) is 11.0. The Hall–Kier alpha value is -2.49. The summed E-state index contributed by atoms with van der Waals surface area (Å²) < 4.78 is 5.68. The van der Waals surface area contributed by atoms with Crippen molar-refractivity contribution in [3.63, 3.8) is 0 Å². The molecule has 0 spiro atoms. The first-order chi connectivity index (χ1) is 10.6. The van der Waals surface area contributed by atoms with E-state index >= 15 is 0 Å². The molecule has 2 aromatic rings. The van der Waals surface area contributed by atoms with E-state index in [0.717, 1.165) is 30.8 Å². The minimum atomic E-state index is -0.403. The van der Waals surface area contributed by atoms with Gasteiger partial charge in [0.2, 0.25) is 5.91 Å². The summed E-state index contributed by atoms with van der Waals surface area (Å²) in [6, 6.07) is 15.3. The molecule has 116 valence electrons. The van der Waals surface area contributed by atoms with E-state index in [9.17, 15) is 4.79 Å². The maximum absolute atomic E-state index is 11.0. The lowest BCUT2D eigenvalue weighted by Gasteiger charge is -2.08. The molecular weight excluding hydrogens is 276 g/mol.